The fourth-order valence-electron chi connectivity index (χ4n) is 1.92. The first-order valence-corrected chi connectivity index (χ1v) is 5.92. The first-order chi connectivity index (χ1) is 9.10. The molecule has 0 aliphatic heterocycles. The SMILES string of the molecule is CNCc1nc2c([nH]1)c(=O)n(C)c(=O)n2CCOC. The third-order valence-corrected chi connectivity index (χ3v) is 2.89. The lowest BCUT2D eigenvalue weighted by Gasteiger charge is -2.07. The Labute approximate surface area is 109 Å². The van der Waals surface area contributed by atoms with Gasteiger partial charge in [0.1, 0.15) is 11.3 Å². The van der Waals surface area contributed by atoms with E-state index in [0.29, 0.717) is 36.7 Å². The molecular formula is C11H17N5O3. The van der Waals surface area contributed by atoms with Gasteiger partial charge in [-0.2, -0.15) is 0 Å². The summed E-state index contributed by atoms with van der Waals surface area (Å²) in [6.45, 7) is 1.22. The lowest BCUT2D eigenvalue weighted by atomic mass is 10.5. The highest BCUT2D eigenvalue weighted by atomic mass is 16.5. The molecule has 0 fully saturated rings. The predicted molar refractivity (Wildman–Crippen MR) is 70.2 cm³/mol. The number of hydrogen-bond acceptors (Lipinski definition) is 5. The maximum atomic E-state index is 12.1. The molecule has 0 aromatic carbocycles. The summed E-state index contributed by atoms with van der Waals surface area (Å²) in [5, 5.41) is 2.94. The molecular weight excluding hydrogens is 250 g/mol. The number of aromatic nitrogens is 4. The van der Waals surface area contributed by atoms with Gasteiger partial charge in [0.05, 0.1) is 19.7 Å². The molecule has 2 N–H and O–H groups in total. The topological polar surface area (TPSA) is 93.9 Å². The van der Waals surface area contributed by atoms with Gasteiger partial charge in [-0.1, -0.05) is 0 Å². The summed E-state index contributed by atoms with van der Waals surface area (Å²) in [5.41, 5.74) is -0.0561. The van der Waals surface area contributed by atoms with E-state index < -0.39 is 5.69 Å². The maximum Gasteiger partial charge on any atom is 0.332 e. The van der Waals surface area contributed by atoms with Gasteiger partial charge in [0.15, 0.2) is 5.65 Å². The van der Waals surface area contributed by atoms with Crippen molar-refractivity contribution in [2.75, 3.05) is 20.8 Å². The van der Waals surface area contributed by atoms with Crippen molar-refractivity contribution in [3.63, 3.8) is 0 Å². The summed E-state index contributed by atoms with van der Waals surface area (Å²) in [6.07, 6.45) is 0. The second-order valence-corrected chi connectivity index (χ2v) is 4.20. The smallest absolute Gasteiger partial charge is 0.332 e. The lowest BCUT2D eigenvalue weighted by Crippen LogP contribution is -2.38. The quantitative estimate of drug-likeness (QED) is 0.709. The molecule has 0 aliphatic rings. The van der Waals surface area contributed by atoms with E-state index in [0.717, 1.165) is 4.57 Å². The van der Waals surface area contributed by atoms with Crippen molar-refractivity contribution in [1.29, 1.82) is 0 Å². The Morgan fingerprint density at radius 1 is 1.42 bits per heavy atom. The number of H-pyrrole nitrogens is 1. The van der Waals surface area contributed by atoms with Crippen LogP contribution in [0.4, 0.5) is 0 Å². The molecule has 2 aromatic rings. The fourth-order valence-corrected chi connectivity index (χ4v) is 1.92. The summed E-state index contributed by atoms with van der Waals surface area (Å²) >= 11 is 0. The molecule has 0 bridgehead atoms. The Morgan fingerprint density at radius 3 is 2.79 bits per heavy atom. The van der Waals surface area contributed by atoms with E-state index in [1.165, 1.54) is 11.6 Å². The minimum atomic E-state index is -0.392. The van der Waals surface area contributed by atoms with Crippen LogP contribution in [0.25, 0.3) is 11.2 Å². The van der Waals surface area contributed by atoms with Crippen molar-refractivity contribution < 1.29 is 4.74 Å². The summed E-state index contributed by atoms with van der Waals surface area (Å²) < 4.78 is 7.49. The van der Waals surface area contributed by atoms with Gasteiger partial charge in [0.25, 0.3) is 5.56 Å². The largest absolute Gasteiger partial charge is 0.383 e. The molecule has 104 valence electrons. The van der Waals surface area contributed by atoms with Crippen molar-refractivity contribution in [3.8, 4) is 0 Å². The van der Waals surface area contributed by atoms with Crippen LogP contribution in [0.1, 0.15) is 5.82 Å². The summed E-state index contributed by atoms with van der Waals surface area (Å²) in [7, 11) is 4.79. The predicted octanol–water partition coefficient (Wildman–Crippen LogP) is -1.21. The number of imidazole rings is 1. The number of nitrogens with one attached hydrogen (secondary N) is 2. The van der Waals surface area contributed by atoms with Gasteiger partial charge in [-0.05, 0) is 7.05 Å². The molecule has 0 amide bonds. The first-order valence-electron chi connectivity index (χ1n) is 5.92. The highest BCUT2D eigenvalue weighted by Crippen LogP contribution is 2.05. The van der Waals surface area contributed by atoms with Gasteiger partial charge >= 0.3 is 5.69 Å². The summed E-state index contributed by atoms with van der Waals surface area (Å²) in [5.74, 6) is 0.617. The first kappa shape index (κ1) is 13.5. The van der Waals surface area contributed by atoms with E-state index in [9.17, 15) is 9.59 Å². The minimum absolute atomic E-state index is 0.337. The van der Waals surface area contributed by atoms with Gasteiger partial charge in [0, 0.05) is 14.2 Å². The molecule has 0 saturated heterocycles. The van der Waals surface area contributed by atoms with Gasteiger partial charge in [-0.15, -0.1) is 0 Å². The van der Waals surface area contributed by atoms with Crippen LogP contribution in [0, 0.1) is 0 Å². The average Bonchev–Trinajstić information content (AvgIpc) is 2.80. The van der Waals surface area contributed by atoms with E-state index in [-0.39, 0.29) is 5.56 Å². The zero-order chi connectivity index (χ0) is 14.0. The van der Waals surface area contributed by atoms with Gasteiger partial charge in [-0.3, -0.25) is 13.9 Å². The second kappa shape index (κ2) is 5.37. The zero-order valence-electron chi connectivity index (χ0n) is 11.2. The highest BCUT2D eigenvalue weighted by Gasteiger charge is 2.14. The summed E-state index contributed by atoms with van der Waals surface area (Å²) in [6, 6.07) is 0. The molecule has 0 spiro atoms. The number of fused-ring (bicyclic) bond motifs is 1. The Hall–Kier alpha value is -1.93. The van der Waals surface area contributed by atoms with Crippen molar-refractivity contribution in [3.05, 3.63) is 26.7 Å². The number of nitrogens with zero attached hydrogens (tertiary/aromatic N) is 3. The molecule has 8 nitrogen and oxygen atoms in total. The van der Waals surface area contributed by atoms with Crippen molar-refractivity contribution in [1.82, 2.24) is 24.4 Å². The zero-order valence-corrected chi connectivity index (χ0v) is 11.2. The van der Waals surface area contributed by atoms with E-state index in [2.05, 4.69) is 15.3 Å². The Bertz CT molecular complexity index is 697. The minimum Gasteiger partial charge on any atom is -0.383 e. The van der Waals surface area contributed by atoms with Crippen LogP contribution in [0.2, 0.25) is 0 Å². The van der Waals surface area contributed by atoms with Crippen molar-refractivity contribution >= 4 is 11.2 Å². The molecule has 0 aliphatic carbocycles. The van der Waals surface area contributed by atoms with Crippen LogP contribution in [0.5, 0.6) is 0 Å². The van der Waals surface area contributed by atoms with E-state index in [1.807, 2.05) is 0 Å². The number of rotatable bonds is 5. The van der Waals surface area contributed by atoms with Crippen molar-refractivity contribution in [2.45, 2.75) is 13.1 Å². The van der Waals surface area contributed by atoms with Crippen molar-refractivity contribution in [2.24, 2.45) is 7.05 Å². The highest BCUT2D eigenvalue weighted by molar-refractivity contribution is 5.69. The fraction of sp³-hybridized carbons (Fsp3) is 0.545. The molecule has 2 rings (SSSR count). The van der Waals surface area contributed by atoms with Crippen LogP contribution >= 0.6 is 0 Å². The monoisotopic (exact) mass is 267 g/mol. The van der Waals surface area contributed by atoms with Crippen LogP contribution in [-0.2, 0) is 24.9 Å². The van der Waals surface area contributed by atoms with Gasteiger partial charge in [-0.25, -0.2) is 9.78 Å². The number of aromatic amines is 1. The van der Waals surface area contributed by atoms with Crippen LogP contribution in [0.15, 0.2) is 9.59 Å². The normalized spacial score (nSPS) is 11.3. The van der Waals surface area contributed by atoms with E-state index in [4.69, 9.17) is 4.74 Å². The molecule has 19 heavy (non-hydrogen) atoms. The van der Waals surface area contributed by atoms with Crippen LogP contribution in [0.3, 0.4) is 0 Å². The van der Waals surface area contributed by atoms with Crippen LogP contribution < -0.4 is 16.6 Å². The molecule has 0 radical (unpaired) electrons. The van der Waals surface area contributed by atoms with E-state index >= 15 is 0 Å². The molecule has 0 unspecified atom stereocenters. The Balaban J connectivity index is 2.70. The molecule has 0 atom stereocenters. The lowest BCUT2D eigenvalue weighted by molar-refractivity contribution is 0.186. The summed E-state index contributed by atoms with van der Waals surface area (Å²) in [4.78, 5) is 31.3. The second-order valence-electron chi connectivity index (χ2n) is 4.20. The standard InChI is InChI=1S/C11H17N5O3/c1-12-6-7-13-8-9(14-7)16(4-5-19-3)11(18)15(2)10(8)17/h12H,4-6H2,1-3H3,(H,13,14). The number of methoxy groups -OCH3 is 1. The number of hydrogen-bond donors (Lipinski definition) is 2. The van der Waals surface area contributed by atoms with Gasteiger partial charge in [0.2, 0.25) is 0 Å². The Kier molecular flexibility index (Phi) is 3.82. The Morgan fingerprint density at radius 2 is 2.16 bits per heavy atom. The van der Waals surface area contributed by atoms with Crippen LogP contribution in [-0.4, -0.2) is 39.9 Å². The number of ether oxygens (including phenoxy) is 1. The third kappa shape index (κ3) is 2.32. The van der Waals surface area contributed by atoms with Gasteiger partial charge < -0.3 is 15.0 Å². The molecule has 2 aromatic heterocycles. The van der Waals surface area contributed by atoms with E-state index in [1.54, 1.807) is 14.2 Å². The average molecular weight is 267 g/mol. The molecule has 2 heterocycles. The molecule has 0 saturated carbocycles. The maximum absolute atomic E-state index is 12.1. The third-order valence-electron chi connectivity index (χ3n) is 2.89. The molecule has 8 heteroatoms.